The number of aromatic carboxylic acids is 1. The predicted octanol–water partition coefficient (Wildman–Crippen LogP) is 1.99. The molecule has 112 valence electrons. The van der Waals surface area contributed by atoms with Crippen LogP contribution in [0.1, 0.15) is 36.7 Å². The molecule has 0 fully saturated rings. The molecule has 0 aromatic heterocycles. The zero-order valence-electron chi connectivity index (χ0n) is 12.3. The van der Waals surface area contributed by atoms with Gasteiger partial charge >= 0.3 is 5.97 Å². The van der Waals surface area contributed by atoms with Crippen LogP contribution in [0.2, 0.25) is 0 Å². The van der Waals surface area contributed by atoms with Crippen molar-refractivity contribution in [3.63, 3.8) is 0 Å². The Morgan fingerprint density at radius 3 is 2.30 bits per heavy atom. The highest BCUT2D eigenvalue weighted by atomic mass is 32.2. The van der Waals surface area contributed by atoms with Crippen molar-refractivity contribution in [1.29, 1.82) is 0 Å². The zero-order chi connectivity index (χ0) is 15.6. The van der Waals surface area contributed by atoms with Crippen molar-refractivity contribution in [1.82, 2.24) is 4.31 Å². The minimum atomic E-state index is -3.39. The molecule has 20 heavy (non-hydrogen) atoms. The van der Waals surface area contributed by atoms with Crippen LogP contribution >= 0.6 is 0 Å². The molecule has 0 spiro atoms. The van der Waals surface area contributed by atoms with E-state index in [1.54, 1.807) is 39.0 Å². The summed E-state index contributed by atoms with van der Waals surface area (Å²) < 4.78 is 24.8. The molecule has 0 radical (unpaired) electrons. The third kappa shape index (κ3) is 3.58. The van der Waals surface area contributed by atoms with Gasteiger partial charge < -0.3 is 5.11 Å². The Morgan fingerprint density at radius 2 is 1.80 bits per heavy atom. The standard InChI is InChI=1S/C14H21NO4S/c1-14(2,3)20(18,19)15(4)10-9-11-7-5-6-8-12(11)13(16)17/h5-8H,9-10H2,1-4H3,(H,16,17). The van der Waals surface area contributed by atoms with Gasteiger partial charge in [-0.3, -0.25) is 0 Å². The normalized spacial score (nSPS) is 12.7. The number of sulfonamides is 1. The molecule has 1 rings (SSSR count). The van der Waals surface area contributed by atoms with Gasteiger partial charge in [0.25, 0.3) is 0 Å². The van der Waals surface area contributed by atoms with Gasteiger partial charge in [-0.2, -0.15) is 0 Å². The van der Waals surface area contributed by atoms with Crippen LogP contribution in [0.3, 0.4) is 0 Å². The van der Waals surface area contributed by atoms with E-state index in [0.717, 1.165) is 0 Å². The van der Waals surface area contributed by atoms with Crippen LogP contribution < -0.4 is 0 Å². The fourth-order valence-corrected chi connectivity index (χ4v) is 3.08. The summed E-state index contributed by atoms with van der Waals surface area (Å²) in [4.78, 5) is 11.1. The van der Waals surface area contributed by atoms with Crippen molar-refractivity contribution < 1.29 is 18.3 Å². The highest BCUT2D eigenvalue weighted by Crippen LogP contribution is 2.19. The monoisotopic (exact) mass is 299 g/mol. The number of hydrogen-bond acceptors (Lipinski definition) is 3. The van der Waals surface area contributed by atoms with Crippen molar-refractivity contribution >= 4 is 16.0 Å². The van der Waals surface area contributed by atoms with Crippen LogP contribution in [0.5, 0.6) is 0 Å². The molecule has 0 unspecified atom stereocenters. The number of benzene rings is 1. The minimum absolute atomic E-state index is 0.217. The van der Waals surface area contributed by atoms with Gasteiger partial charge in [0.15, 0.2) is 0 Å². The Hall–Kier alpha value is -1.40. The van der Waals surface area contributed by atoms with E-state index in [-0.39, 0.29) is 12.1 Å². The SMILES string of the molecule is CN(CCc1ccccc1C(=O)O)S(=O)(=O)C(C)(C)C. The van der Waals surface area contributed by atoms with Crippen molar-refractivity contribution in [2.75, 3.05) is 13.6 Å². The Bertz CT molecular complexity index is 587. The molecule has 0 saturated carbocycles. The summed E-state index contributed by atoms with van der Waals surface area (Å²) in [6.45, 7) is 5.18. The van der Waals surface area contributed by atoms with E-state index in [9.17, 15) is 13.2 Å². The van der Waals surface area contributed by atoms with E-state index in [1.807, 2.05) is 0 Å². The molecule has 0 aliphatic heterocycles. The van der Waals surface area contributed by atoms with Gasteiger partial charge in [0.2, 0.25) is 10.0 Å². The van der Waals surface area contributed by atoms with Crippen LogP contribution in [-0.2, 0) is 16.4 Å². The topological polar surface area (TPSA) is 74.7 Å². The van der Waals surface area contributed by atoms with Gasteiger partial charge in [0.1, 0.15) is 0 Å². The van der Waals surface area contributed by atoms with Crippen molar-refractivity contribution in [2.45, 2.75) is 31.9 Å². The average molecular weight is 299 g/mol. The molecule has 0 amide bonds. The highest BCUT2D eigenvalue weighted by Gasteiger charge is 2.32. The van der Waals surface area contributed by atoms with Crippen molar-refractivity contribution in [2.24, 2.45) is 0 Å². The van der Waals surface area contributed by atoms with Gasteiger partial charge in [-0.05, 0) is 38.8 Å². The second-order valence-corrected chi connectivity index (χ2v) is 8.45. The lowest BCUT2D eigenvalue weighted by Gasteiger charge is -2.27. The molecule has 1 aromatic carbocycles. The maximum Gasteiger partial charge on any atom is 0.335 e. The summed E-state index contributed by atoms with van der Waals surface area (Å²) in [6.07, 6.45) is 0.369. The molecule has 1 aromatic rings. The molecular weight excluding hydrogens is 278 g/mol. The summed E-state index contributed by atoms with van der Waals surface area (Å²) in [7, 11) is -1.88. The first-order valence-electron chi connectivity index (χ1n) is 6.34. The summed E-state index contributed by atoms with van der Waals surface area (Å²) in [5.74, 6) is -0.998. The third-order valence-electron chi connectivity index (χ3n) is 3.13. The number of carbonyl (C=O) groups is 1. The molecule has 0 aliphatic carbocycles. The van der Waals surface area contributed by atoms with Crippen molar-refractivity contribution in [3.8, 4) is 0 Å². The number of likely N-dealkylation sites (N-methyl/N-ethyl adjacent to an activating group) is 1. The Kier molecular flexibility index (Phi) is 4.94. The number of hydrogen-bond donors (Lipinski definition) is 1. The first-order chi connectivity index (χ1) is 9.07. The zero-order valence-corrected chi connectivity index (χ0v) is 13.1. The minimum Gasteiger partial charge on any atom is -0.478 e. The molecule has 0 saturated heterocycles. The molecule has 0 bridgehead atoms. The summed E-state index contributed by atoms with van der Waals surface area (Å²) >= 11 is 0. The van der Waals surface area contributed by atoms with Crippen LogP contribution in [0.4, 0.5) is 0 Å². The molecule has 0 aliphatic rings. The number of rotatable bonds is 5. The van der Waals surface area contributed by atoms with Crippen LogP contribution in [-0.4, -0.2) is 42.1 Å². The van der Waals surface area contributed by atoms with Gasteiger partial charge in [-0.15, -0.1) is 0 Å². The number of carboxylic acids is 1. The second-order valence-electron chi connectivity index (χ2n) is 5.65. The quantitative estimate of drug-likeness (QED) is 0.902. The van der Waals surface area contributed by atoms with Crippen LogP contribution in [0.25, 0.3) is 0 Å². The van der Waals surface area contributed by atoms with E-state index in [0.29, 0.717) is 12.0 Å². The molecule has 1 N–H and O–H groups in total. The van der Waals surface area contributed by atoms with Crippen molar-refractivity contribution in [3.05, 3.63) is 35.4 Å². The number of nitrogens with zero attached hydrogens (tertiary/aromatic N) is 1. The van der Waals surface area contributed by atoms with Gasteiger partial charge in [-0.25, -0.2) is 17.5 Å². The Balaban J connectivity index is 2.86. The van der Waals surface area contributed by atoms with E-state index in [1.165, 1.54) is 17.4 Å². The van der Waals surface area contributed by atoms with E-state index in [2.05, 4.69) is 0 Å². The lowest BCUT2D eigenvalue weighted by molar-refractivity contribution is 0.0695. The van der Waals surface area contributed by atoms with Crippen LogP contribution in [0, 0.1) is 0 Å². The van der Waals surface area contributed by atoms with E-state index >= 15 is 0 Å². The molecule has 0 atom stereocenters. The van der Waals surface area contributed by atoms with E-state index in [4.69, 9.17) is 5.11 Å². The van der Waals surface area contributed by atoms with E-state index < -0.39 is 20.7 Å². The first kappa shape index (κ1) is 16.7. The lowest BCUT2D eigenvalue weighted by atomic mass is 10.1. The molecular formula is C14H21NO4S. The highest BCUT2D eigenvalue weighted by molar-refractivity contribution is 7.90. The maximum absolute atomic E-state index is 12.2. The third-order valence-corrected chi connectivity index (χ3v) is 5.68. The van der Waals surface area contributed by atoms with Crippen LogP contribution in [0.15, 0.2) is 24.3 Å². The second kappa shape index (κ2) is 5.93. The fraction of sp³-hybridized carbons (Fsp3) is 0.500. The lowest BCUT2D eigenvalue weighted by Crippen LogP contribution is -2.41. The molecule has 5 nitrogen and oxygen atoms in total. The molecule has 0 heterocycles. The Morgan fingerprint density at radius 1 is 1.25 bits per heavy atom. The first-order valence-corrected chi connectivity index (χ1v) is 7.78. The van der Waals surface area contributed by atoms with Gasteiger partial charge in [0, 0.05) is 13.6 Å². The maximum atomic E-state index is 12.2. The smallest absolute Gasteiger partial charge is 0.335 e. The largest absolute Gasteiger partial charge is 0.478 e. The Labute approximate surface area is 120 Å². The molecule has 6 heteroatoms. The summed E-state index contributed by atoms with van der Waals surface area (Å²) in [6, 6.07) is 6.64. The summed E-state index contributed by atoms with van der Waals surface area (Å²) in [5, 5.41) is 9.09. The van der Waals surface area contributed by atoms with Gasteiger partial charge in [-0.1, -0.05) is 18.2 Å². The fourth-order valence-electron chi connectivity index (χ4n) is 1.81. The average Bonchev–Trinajstić information content (AvgIpc) is 2.34. The predicted molar refractivity (Wildman–Crippen MR) is 78.4 cm³/mol. The summed E-state index contributed by atoms with van der Waals surface area (Å²) in [5.41, 5.74) is 0.852. The van der Waals surface area contributed by atoms with Gasteiger partial charge in [0.05, 0.1) is 10.3 Å². The number of carboxylic acid groups (broad SMARTS) is 1.